The van der Waals surface area contributed by atoms with Crippen LogP contribution in [-0.4, -0.2) is 31.7 Å². The Labute approximate surface area is 160 Å². The molecule has 0 heterocycles. The molecular formula is C17H18FIN2O3S. The third-order valence-electron chi connectivity index (χ3n) is 3.60. The van der Waals surface area contributed by atoms with Crippen LogP contribution in [0.25, 0.3) is 0 Å². The number of carbonyl (C=O) groups excluding carboxylic acids is 1. The molecule has 0 aliphatic heterocycles. The number of anilines is 1. The number of sulfonamides is 1. The summed E-state index contributed by atoms with van der Waals surface area (Å²) >= 11 is 2.12. The van der Waals surface area contributed by atoms with Gasteiger partial charge in [0.05, 0.1) is 0 Å². The van der Waals surface area contributed by atoms with Crippen LogP contribution in [-0.2, 0) is 10.0 Å². The van der Waals surface area contributed by atoms with E-state index in [1.165, 1.54) is 6.07 Å². The molecule has 134 valence electrons. The molecule has 1 N–H and O–H groups in total. The highest BCUT2D eigenvalue weighted by molar-refractivity contribution is 14.1. The van der Waals surface area contributed by atoms with Crippen LogP contribution in [0, 0.1) is 9.39 Å². The average molecular weight is 476 g/mol. The number of rotatable bonds is 6. The Kier molecular flexibility index (Phi) is 6.53. The summed E-state index contributed by atoms with van der Waals surface area (Å²) in [6, 6.07) is 10.5. The molecule has 0 aromatic heterocycles. The molecule has 0 unspecified atom stereocenters. The minimum absolute atomic E-state index is 0.0750. The number of hydrogen-bond donors (Lipinski definition) is 1. The standard InChI is InChI=1S/C17H18FIN2O3S/c1-3-21(4-2)25(23,24)16-10-12(8-9-15(16)18)17(22)20-14-7-5-6-13(19)11-14/h5-11H,3-4H2,1-2H3,(H,20,22). The molecule has 0 atom stereocenters. The van der Waals surface area contributed by atoms with Crippen LogP contribution in [0.4, 0.5) is 10.1 Å². The van der Waals surface area contributed by atoms with Crippen LogP contribution in [0.3, 0.4) is 0 Å². The van der Waals surface area contributed by atoms with Crippen LogP contribution in [0.1, 0.15) is 24.2 Å². The van der Waals surface area contributed by atoms with E-state index in [1.54, 1.807) is 32.0 Å². The van der Waals surface area contributed by atoms with E-state index < -0.39 is 26.6 Å². The number of halogens is 2. The molecule has 2 aromatic rings. The van der Waals surface area contributed by atoms with Crippen molar-refractivity contribution in [2.75, 3.05) is 18.4 Å². The van der Waals surface area contributed by atoms with Gasteiger partial charge in [0.1, 0.15) is 10.7 Å². The lowest BCUT2D eigenvalue weighted by molar-refractivity contribution is 0.102. The molecule has 0 saturated heterocycles. The van der Waals surface area contributed by atoms with E-state index in [0.717, 1.165) is 20.0 Å². The van der Waals surface area contributed by atoms with Gasteiger partial charge in [-0.15, -0.1) is 0 Å². The van der Waals surface area contributed by atoms with E-state index in [-0.39, 0.29) is 18.7 Å². The quantitative estimate of drug-likeness (QED) is 0.647. The Bertz CT molecular complexity index is 883. The van der Waals surface area contributed by atoms with Gasteiger partial charge in [-0.1, -0.05) is 19.9 Å². The van der Waals surface area contributed by atoms with E-state index in [1.807, 2.05) is 6.07 Å². The maximum Gasteiger partial charge on any atom is 0.255 e. The zero-order chi connectivity index (χ0) is 18.6. The third kappa shape index (κ3) is 4.56. The van der Waals surface area contributed by atoms with Crippen LogP contribution in [0.2, 0.25) is 0 Å². The van der Waals surface area contributed by atoms with Gasteiger partial charge in [0, 0.05) is 27.9 Å². The topological polar surface area (TPSA) is 66.5 Å². The molecule has 0 aliphatic carbocycles. The third-order valence-corrected chi connectivity index (χ3v) is 6.34. The van der Waals surface area contributed by atoms with Crippen LogP contribution < -0.4 is 5.32 Å². The van der Waals surface area contributed by atoms with E-state index in [9.17, 15) is 17.6 Å². The highest BCUT2D eigenvalue weighted by Gasteiger charge is 2.26. The average Bonchev–Trinajstić information content (AvgIpc) is 2.55. The maximum atomic E-state index is 14.1. The van der Waals surface area contributed by atoms with Crippen molar-refractivity contribution in [1.29, 1.82) is 0 Å². The van der Waals surface area contributed by atoms with Gasteiger partial charge >= 0.3 is 0 Å². The summed E-state index contributed by atoms with van der Waals surface area (Å²) < 4.78 is 41.3. The van der Waals surface area contributed by atoms with Gasteiger partial charge in [0.15, 0.2) is 0 Å². The highest BCUT2D eigenvalue weighted by atomic mass is 127. The van der Waals surface area contributed by atoms with Crippen molar-refractivity contribution >= 4 is 44.2 Å². The number of nitrogens with zero attached hydrogens (tertiary/aromatic N) is 1. The molecular weight excluding hydrogens is 458 g/mol. The molecule has 0 radical (unpaired) electrons. The predicted octanol–water partition coefficient (Wildman–Crippen LogP) is 3.71. The first-order chi connectivity index (χ1) is 11.8. The first-order valence-electron chi connectivity index (χ1n) is 7.66. The molecule has 2 rings (SSSR count). The van der Waals surface area contributed by atoms with E-state index >= 15 is 0 Å². The molecule has 0 aliphatic rings. The van der Waals surface area contributed by atoms with E-state index in [4.69, 9.17) is 0 Å². The molecule has 1 amide bonds. The van der Waals surface area contributed by atoms with Crippen LogP contribution in [0.5, 0.6) is 0 Å². The van der Waals surface area contributed by atoms with Gasteiger partial charge in [0.2, 0.25) is 10.0 Å². The number of benzene rings is 2. The minimum Gasteiger partial charge on any atom is -0.322 e. The summed E-state index contributed by atoms with van der Waals surface area (Å²) in [6.45, 7) is 3.79. The second-order valence-corrected chi connectivity index (χ2v) is 8.35. The number of hydrogen-bond acceptors (Lipinski definition) is 3. The fourth-order valence-corrected chi connectivity index (χ4v) is 4.41. The second kappa shape index (κ2) is 8.24. The summed E-state index contributed by atoms with van der Waals surface area (Å²) in [4.78, 5) is 11.9. The van der Waals surface area contributed by atoms with Gasteiger partial charge in [-0.05, 0) is 59.0 Å². The molecule has 25 heavy (non-hydrogen) atoms. The largest absolute Gasteiger partial charge is 0.322 e. The van der Waals surface area contributed by atoms with Crippen molar-refractivity contribution in [2.24, 2.45) is 0 Å². The summed E-state index contributed by atoms with van der Waals surface area (Å²) in [6.07, 6.45) is 0. The molecule has 8 heteroatoms. The van der Waals surface area contributed by atoms with Crippen molar-refractivity contribution in [3.63, 3.8) is 0 Å². The smallest absolute Gasteiger partial charge is 0.255 e. The lowest BCUT2D eigenvalue weighted by atomic mass is 10.2. The number of carbonyl (C=O) groups is 1. The summed E-state index contributed by atoms with van der Waals surface area (Å²) in [5, 5.41) is 2.68. The number of nitrogens with one attached hydrogen (secondary N) is 1. The molecule has 0 fully saturated rings. The van der Waals surface area contributed by atoms with Crippen molar-refractivity contribution in [2.45, 2.75) is 18.7 Å². The maximum absolute atomic E-state index is 14.1. The highest BCUT2D eigenvalue weighted by Crippen LogP contribution is 2.22. The SMILES string of the molecule is CCN(CC)S(=O)(=O)c1cc(C(=O)Nc2cccc(I)c2)ccc1F. The van der Waals surface area contributed by atoms with Gasteiger partial charge in [0.25, 0.3) is 5.91 Å². The summed E-state index contributed by atoms with van der Waals surface area (Å²) in [7, 11) is -3.99. The van der Waals surface area contributed by atoms with Crippen molar-refractivity contribution in [1.82, 2.24) is 4.31 Å². The van der Waals surface area contributed by atoms with Gasteiger partial charge in [-0.3, -0.25) is 4.79 Å². The minimum atomic E-state index is -3.99. The molecule has 0 saturated carbocycles. The van der Waals surface area contributed by atoms with Gasteiger partial charge < -0.3 is 5.32 Å². The van der Waals surface area contributed by atoms with Gasteiger partial charge in [-0.2, -0.15) is 4.31 Å². The van der Waals surface area contributed by atoms with E-state index in [0.29, 0.717) is 5.69 Å². The first kappa shape index (κ1) is 19.8. The zero-order valence-corrected chi connectivity index (χ0v) is 16.8. The summed E-state index contributed by atoms with van der Waals surface area (Å²) in [5.74, 6) is -1.38. The molecule has 5 nitrogen and oxygen atoms in total. The lowest BCUT2D eigenvalue weighted by Gasteiger charge is -2.19. The monoisotopic (exact) mass is 476 g/mol. The van der Waals surface area contributed by atoms with E-state index in [2.05, 4.69) is 27.9 Å². The van der Waals surface area contributed by atoms with Crippen LogP contribution in [0.15, 0.2) is 47.4 Å². The van der Waals surface area contributed by atoms with Crippen molar-refractivity contribution < 1.29 is 17.6 Å². The normalized spacial score (nSPS) is 11.6. The molecule has 0 bridgehead atoms. The van der Waals surface area contributed by atoms with Crippen molar-refractivity contribution in [3.05, 3.63) is 57.4 Å². The Morgan fingerprint density at radius 3 is 2.44 bits per heavy atom. The lowest BCUT2D eigenvalue weighted by Crippen LogP contribution is -2.31. The van der Waals surface area contributed by atoms with Crippen LogP contribution >= 0.6 is 22.6 Å². The first-order valence-corrected chi connectivity index (χ1v) is 10.2. The second-order valence-electron chi connectivity index (χ2n) is 5.20. The number of amides is 1. The van der Waals surface area contributed by atoms with Gasteiger partial charge in [-0.25, -0.2) is 12.8 Å². The fourth-order valence-electron chi connectivity index (χ4n) is 2.31. The summed E-state index contributed by atoms with van der Waals surface area (Å²) in [5.41, 5.74) is 0.653. The Balaban J connectivity index is 2.37. The van der Waals surface area contributed by atoms with Crippen molar-refractivity contribution in [3.8, 4) is 0 Å². The molecule has 0 spiro atoms. The zero-order valence-electron chi connectivity index (χ0n) is 13.8. The molecule has 2 aromatic carbocycles. The Morgan fingerprint density at radius 1 is 1.16 bits per heavy atom. The fraction of sp³-hybridized carbons (Fsp3) is 0.235. The Morgan fingerprint density at radius 2 is 1.84 bits per heavy atom. The Hall–Kier alpha value is -1.52. The predicted molar refractivity (Wildman–Crippen MR) is 104 cm³/mol.